The molecule has 17 heavy (non-hydrogen) atoms. The van der Waals surface area contributed by atoms with Crippen LogP contribution in [0.5, 0.6) is 5.75 Å². The summed E-state index contributed by atoms with van der Waals surface area (Å²) in [5.74, 6) is 0.334. The predicted molar refractivity (Wildman–Crippen MR) is 69.9 cm³/mol. The van der Waals surface area contributed by atoms with Crippen molar-refractivity contribution >= 4 is 27.5 Å². The van der Waals surface area contributed by atoms with Crippen LogP contribution in [0.3, 0.4) is 0 Å². The number of para-hydroxylation sites is 1. The van der Waals surface area contributed by atoms with Crippen LogP contribution in [0.25, 0.3) is 0 Å². The van der Waals surface area contributed by atoms with E-state index < -0.39 is 0 Å². The van der Waals surface area contributed by atoms with Crippen molar-refractivity contribution in [3.8, 4) is 5.75 Å². The number of rotatable bonds is 3. The fourth-order valence-corrected chi connectivity index (χ4v) is 1.97. The molecule has 88 valence electrons. The molecule has 1 nitrogen and oxygen atoms in total. The fraction of sp³-hybridized carbons (Fsp3) is 0.0769. The highest BCUT2D eigenvalue weighted by Crippen LogP contribution is 2.24. The summed E-state index contributed by atoms with van der Waals surface area (Å²) < 4.78 is 19.0. The molecule has 0 fully saturated rings. The van der Waals surface area contributed by atoms with Crippen LogP contribution in [0, 0.1) is 5.82 Å². The Kier molecular flexibility index (Phi) is 4.02. The Bertz CT molecular complexity index is 531. The molecule has 0 saturated carbocycles. The molecule has 2 rings (SSSR count). The van der Waals surface area contributed by atoms with Gasteiger partial charge in [-0.3, -0.25) is 0 Å². The van der Waals surface area contributed by atoms with Crippen molar-refractivity contribution in [3.05, 3.63) is 63.3 Å². The third-order valence-electron chi connectivity index (χ3n) is 2.22. The van der Waals surface area contributed by atoms with Crippen LogP contribution in [-0.2, 0) is 6.61 Å². The molecule has 0 aromatic heterocycles. The molecule has 2 aromatic rings. The van der Waals surface area contributed by atoms with E-state index in [2.05, 4.69) is 15.9 Å². The van der Waals surface area contributed by atoms with Crippen molar-refractivity contribution in [2.45, 2.75) is 6.61 Å². The molecule has 4 heteroatoms. The second-order valence-electron chi connectivity index (χ2n) is 3.47. The first-order valence-corrected chi connectivity index (χ1v) is 6.15. The molecule has 0 radical (unpaired) electrons. The maximum absolute atomic E-state index is 13.0. The van der Waals surface area contributed by atoms with Gasteiger partial charge in [-0.05, 0) is 45.8 Å². The van der Waals surface area contributed by atoms with Crippen molar-refractivity contribution in [1.82, 2.24) is 0 Å². The summed E-state index contributed by atoms with van der Waals surface area (Å²) in [6.45, 7) is 0.350. The molecule has 0 bridgehead atoms. The lowest BCUT2D eigenvalue weighted by Gasteiger charge is -2.08. The summed E-state index contributed by atoms with van der Waals surface area (Å²) in [5.41, 5.74) is 0.873. The van der Waals surface area contributed by atoms with Crippen molar-refractivity contribution in [2.75, 3.05) is 0 Å². The highest BCUT2D eigenvalue weighted by Gasteiger charge is 2.03. The first-order chi connectivity index (χ1) is 8.16. The van der Waals surface area contributed by atoms with Gasteiger partial charge in [-0.25, -0.2) is 4.39 Å². The summed E-state index contributed by atoms with van der Waals surface area (Å²) in [6, 6.07) is 12.0. The van der Waals surface area contributed by atoms with Gasteiger partial charge in [0, 0.05) is 0 Å². The van der Waals surface area contributed by atoms with E-state index in [9.17, 15) is 4.39 Å². The molecular formula is C13H9BrClFO. The summed E-state index contributed by atoms with van der Waals surface area (Å²) in [7, 11) is 0. The van der Waals surface area contributed by atoms with E-state index in [-0.39, 0.29) is 5.82 Å². The average molecular weight is 316 g/mol. The van der Waals surface area contributed by atoms with Gasteiger partial charge in [0.1, 0.15) is 18.2 Å². The Labute approximate surface area is 112 Å². The van der Waals surface area contributed by atoms with Gasteiger partial charge in [0.25, 0.3) is 0 Å². The molecule has 0 amide bonds. The zero-order valence-corrected chi connectivity index (χ0v) is 11.1. The van der Waals surface area contributed by atoms with Gasteiger partial charge in [0.05, 0.1) is 9.50 Å². The fourth-order valence-electron chi connectivity index (χ4n) is 1.35. The van der Waals surface area contributed by atoms with E-state index in [1.165, 1.54) is 6.07 Å². The lowest BCUT2D eigenvalue weighted by Crippen LogP contribution is -1.96. The van der Waals surface area contributed by atoms with Crippen molar-refractivity contribution in [1.29, 1.82) is 0 Å². The lowest BCUT2D eigenvalue weighted by molar-refractivity contribution is 0.306. The zero-order chi connectivity index (χ0) is 12.3. The van der Waals surface area contributed by atoms with Crippen LogP contribution in [0.2, 0.25) is 5.02 Å². The smallest absolute Gasteiger partial charge is 0.138 e. The monoisotopic (exact) mass is 314 g/mol. The minimum absolute atomic E-state index is 0.286. The molecular weight excluding hydrogens is 306 g/mol. The SMILES string of the molecule is Fc1ccc(COc2ccccc2Cl)cc1Br. The van der Waals surface area contributed by atoms with Gasteiger partial charge < -0.3 is 4.74 Å². The largest absolute Gasteiger partial charge is 0.487 e. The number of ether oxygens (including phenoxy) is 1. The molecule has 0 aliphatic rings. The van der Waals surface area contributed by atoms with E-state index in [0.29, 0.717) is 21.9 Å². The molecule has 0 spiro atoms. The van der Waals surface area contributed by atoms with Crippen LogP contribution in [0.15, 0.2) is 46.9 Å². The summed E-state index contributed by atoms with van der Waals surface area (Å²) in [5, 5.41) is 0.564. The summed E-state index contributed by atoms with van der Waals surface area (Å²) in [4.78, 5) is 0. The molecule has 2 aromatic carbocycles. The molecule has 0 aliphatic carbocycles. The molecule has 0 saturated heterocycles. The maximum atomic E-state index is 13.0. The van der Waals surface area contributed by atoms with Gasteiger partial charge in [0.2, 0.25) is 0 Å². The summed E-state index contributed by atoms with van der Waals surface area (Å²) >= 11 is 9.08. The number of hydrogen-bond donors (Lipinski definition) is 0. The number of benzene rings is 2. The molecule has 0 N–H and O–H groups in total. The Morgan fingerprint density at radius 3 is 2.65 bits per heavy atom. The third kappa shape index (κ3) is 3.20. The lowest BCUT2D eigenvalue weighted by atomic mass is 10.2. The highest BCUT2D eigenvalue weighted by molar-refractivity contribution is 9.10. The van der Waals surface area contributed by atoms with E-state index in [1.54, 1.807) is 24.3 Å². The normalized spacial score (nSPS) is 10.3. The van der Waals surface area contributed by atoms with Crippen molar-refractivity contribution in [2.24, 2.45) is 0 Å². The van der Waals surface area contributed by atoms with E-state index >= 15 is 0 Å². The minimum atomic E-state index is -0.286. The third-order valence-corrected chi connectivity index (χ3v) is 3.13. The first kappa shape index (κ1) is 12.4. The molecule has 0 atom stereocenters. The highest BCUT2D eigenvalue weighted by atomic mass is 79.9. The van der Waals surface area contributed by atoms with Crippen LogP contribution in [-0.4, -0.2) is 0 Å². The molecule has 0 aliphatic heterocycles. The Balaban J connectivity index is 2.08. The maximum Gasteiger partial charge on any atom is 0.138 e. The Hall–Kier alpha value is -1.06. The molecule has 0 unspecified atom stereocenters. The van der Waals surface area contributed by atoms with Crippen LogP contribution in [0.1, 0.15) is 5.56 Å². The quantitative estimate of drug-likeness (QED) is 0.789. The van der Waals surface area contributed by atoms with E-state index in [4.69, 9.17) is 16.3 Å². The van der Waals surface area contributed by atoms with Gasteiger partial charge in [0.15, 0.2) is 0 Å². The van der Waals surface area contributed by atoms with E-state index in [0.717, 1.165) is 5.56 Å². The number of hydrogen-bond acceptors (Lipinski definition) is 1. The first-order valence-electron chi connectivity index (χ1n) is 4.98. The average Bonchev–Trinajstić information content (AvgIpc) is 2.32. The van der Waals surface area contributed by atoms with Gasteiger partial charge in [-0.1, -0.05) is 29.8 Å². The Morgan fingerprint density at radius 2 is 1.94 bits per heavy atom. The van der Waals surface area contributed by atoms with Crippen LogP contribution < -0.4 is 4.74 Å². The minimum Gasteiger partial charge on any atom is -0.487 e. The van der Waals surface area contributed by atoms with Crippen molar-refractivity contribution in [3.63, 3.8) is 0 Å². The molecule has 0 heterocycles. The second kappa shape index (κ2) is 5.52. The zero-order valence-electron chi connectivity index (χ0n) is 8.79. The standard InChI is InChI=1S/C13H9BrClFO/c14-10-7-9(5-6-12(10)16)8-17-13-4-2-1-3-11(13)15/h1-7H,8H2. The topological polar surface area (TPSA) is 9.23 Å². The Morgan fingerprint density at radius 1 is 1.18 bits per heavy atom. The van der Waals surface area contributed by atoms with Crippen LogP contribution in [0.4, 0.5) is 4.39 Å². The van der Waals surface area contributed by atoms with Gasteiger partial charge >= 0.3 is 0 Å². The predicted octanol–water partition coefficient (Wildman–Crippen LogP) is 4.82. The number of halogens is 3. The van der Waals surface area contributed by atoms with Crippen molar-refractivity contribution < 1.29 is 9.13 Å². The second-order valence-corrected chi connectivity index (χ2v) is 4.73. The van der Waals surface area contributed by atoms with Gasteiger partial charge in [-0.2, -0.15) is 0 Å². The van der Waals surface area contributed by atoms with Crippen LogP contribution >= 0.6 is 27.5 Å². The van der Waals surface area contributed by atoms with Gasteiger partial charge in [-0.15, -0.1) is 0 Å². The van der Waals surface area contributed by atoms with E-state index in [1.807, 2.05) is 12.1 Å². The summed E-state index contributed by atoms with van der Waals surface area (Å²) in [6.07, 6.45) is 0.